The van der Waals surface area contributed by atoms with Crippen LogP contribution in [0.4, 0.5) is 0 Å². The molecule has 2 atom stereocenters. The zero-order chi connectivity index (χ0) is 18.2. The minimum absolute atomic E-state index is 0.0495. The Morgan fingerprint density at radius 3 is 2.44 bits per heavy atom. The van der Waals surface area contributed by atoms with Crippen LogP contribution in [0.25, 0.3) is 0 Å². The largest absolute Gasteiger partial charge is 0.508 e. The summed E-state index contributed by atoms with van der Waals surface area (Å²) < 4.78 is 6.15. The SMILES string of the molecule is CC(C)(O)C(O)Cc1c(O)ccc2c1OC(c1ccc(O)cc1)CC2. The van der Waals surface area contributed by atoms with Crippen molar-refractivity contribution in [1.29, 1.82) is 0 Å². The van der Waals surface area contributed by atoms with Crippen LogP contribution < -0.4 is 4.74 Å². The number of ether oxygens (including phenoxy) is 1. The van der Waals surface area contributed by atoms with Crippen molar-refractivity contribution in [3.63, 3.8) is 0 Å². The minimum Gasteiger partial charge on any atom is -0.508 e. The van der Waals surface area contributed by atoms with Crippen molar-refractivity contribution in [3.8, 4) is 17.2 Å². The number of benzene rings is 2. The monoisotopic (exact) mass is 344 g/mol. The molecule has 0 spiro atoms. The number of phenolic OH excluding ortho intramolecular Hbond substituents is 2. The van der Waals surface area contributed by atoms with Gasteiger partial charge in [-0.25, -0.2) is 0 Å². The van der Waals surface area contributed by atoms with Gasteiger partial charge in [0.15, 0.2) is 0 Å². The third-order valence-electron chi connectivity index (χ3n) is 4.73. The van der Waals surface area contributed by atoms with Gasteiger partial charge in [-0.05, 0) is 56.0 Å². The molecule has 25 heavy (non-hydrogen) atoms. The highest BCUT2D eigenvalue weighted by Gasteiger charge is 2.30. The molecule has 2 aromatic rings. The smallest absolute Gasteiger partial charge is 0.130 e. The van der Waals surface area contributed by atoms with E-state index in [1.807, 2.05) is 18.2 Å². The van der Waals surface area contributed by atoms with Gasteiger partial charge in [-0.1, -0.05) is 18.2 Å². The molecule has 5 nitrogen and oxygen atoms in total. The maximum atomic E-state index is 10.3. The number of rotatable bonds is 4. The highest BCUT2D eigenvalue weighted by molar-refractivity contribution is 5.51. The molecule has 1 heterocycles. The molecular formula is C20H24O5. The van der Waals surface area contributed by atoms with Crippen molar-refractivity contribution in [1.82, 2.24) is 0 Å². The summed E-state index contributed by atoms with van der Waals surface area (Å²) in [5.74, 6) is 0.827. The molecule has 2 unspecified atom stereocenters. The van der Waals surface area contributed by atoms with Crippen LogP contribution in [0, 0.1) is 0 Å². The van der Waals surface area contributed by atoms with Crippen molar-refractivity contribution >= 4 is 0 Å². The first-order chi connectivity index (χ1) is 11.8. The molecule has 5 heteroatoms. The number of hydrogen-bond donors (Lipinski definition) is 4. The van der Waals surface area contributed by atoms with Gasteiger partial charge < -0.3 is 25.2 Å². The molecule has 0 aliphatic carbocycles. The summed E-state index contributed by atoms with van der Waals surface area (Å²) in [6, 6.07) is 10.3. The van der Waals surface area contributed by atoms with E-state index in [1.54, 1.807) is 18.2 Å². The van der Waals surface area contributed by atoms with Crippen LogP contribution in [0.15, 0.2) is 36.4 Å². The lowest BCUT2D eigenvalue weighted by Gasteiger charge is -2.31. The van der Waals surface area contributed by atoms with Gasteiger partial charge in [0.2, 0.25) is 0 Å². The predicted molar refractivity (Wildman–Crippen MR) is 93.9 cm³/mol. The van der Waals surface area contributed by atoms with Crippen LogP contribution in [0.2, 0.25) is 0 Å². The van der Waals surface area contributed by atoms with Gasteiger partial charge >= 0.3 is 0 Å². The van der Waals surface area contributed by atoms with Gasteiger partial charge in [-0.3, -0.25) is 0 Å². The summed E-state index contributed by atoms with van der Waals surface area (Å²) >= 11 is 0. The molecule has 134 valence electrons. The van der Waals surface area contributed by atoms with E-state index in [1.165, 1.54) is 13.8 Å². The van der Waals surface area contributed by atoms with Crippen LogP contribution in [0.1, 0.15) is 43.1 Å². The second-order valence-corrected chi connectivity index (χ2v) is 7.16. The Kier molecular flexibility index (Phi) is 4.62. The number of aliphatic hydroxyl groups excluding tert-OH is 1. The van der Waals surface area contributed by atoms with E-state index < -0.39 is 11.7 Å². The fourth-order valence-electron chi connectivity index (χ4n) is 3.06. The molecule has 0 fully saturated rings. The van der Waals surface area contributed by atoms with E-state index >= 15 is 0 Å². The maximum absolute atomic E-state index is 10.3. The summed E-state index contributed by atoms with van der Waals surface area (Å²) in [5.41, 5.74) is 1.15. The number of hydrogen-bond acceptors (Lipinski definition) is 5. The van der Waals surface area contributed by atoms with Gasteiger partial charge in [-0.15, -0.1) is 0 Å². The van der Waals surface area contributed by atoms with Crippen molar-refractivity contribution in [2.75, 3.05) is 0 Å². The standard InChI is InChI=1S/C20H24O5/c1-20(2,24)18(23)11-15-16(22)9-5-13-6-10-17(25-19(13)15)12-3-7-14(21)8-4-12/h3-5,7-9,17-18,21-24H,6,10-11H2,1-2H3. The summed E-state index contributed by atoms with van der Waals surface area (Å²) in [6.07, 6.45) is 0.458. The first-order valence-electron chi connectivity index (χ1n) is 8.45. The molecule has 0 radical (unpaired) electrons. The average molecular weight is 344 g/mol. The summed E-state index contributed by atoms with van der Waals surface area (Å²) in [4.78, 5) is 0. The first-order valence-corrected chi connectivity index (χ1v) is 8.45. The van der Waals surface area contributed by atoms with Crippen LogP contribution in [-0.4, -0.2) is 32.1 Å². The Morgan fingerprint density at radius 1 is 1.12 bits per heavy atom. The Balaban J connectivity index is 1.92. The molecular weight excluding hydrogens is 320 g/mol. The maximum Gasteiger partial charge on any atom is 0.130 e. The molecule has 3 rings (SSSR count). The van der Waals surface area contributed by atoms with E-state index in [-0.39, 0.29) is 24.0 Å². The van der Waals surface area contributed by atoms with E-state index in [9.17, 15) is 20.4 Å². The topological polar surface area (TPSA) is 90.2 Å². The third-order valence-corrected chi connectivity index (χ3v) is 4.73. The van der Waals surface area contributed by atoms with Crippen molar-refractivity contribution in [2.45, 2.75) is 50.9 Å². The van der Waals surface area contributed by atoms with Gasteiger partial charge in [0.25, 0.3) is 0 Å². The van der Waals surface area contributed by atoms with Crippen LogP contribution in [0.3, 0.4) is 0 Å². The number of aromatic hydroxyl groups is 2. The van der Waals surface area contributed by atoms with Gasteiger partial charge in [0, 0.05) is 12.0 Å². The number of phenols is 2. The van der Waals surface area contributed by atoms with Crippen LogP contribution >= 0.6 is 0 Å². The van der Waals surface area contributed by atoms with Gasteiger partial charge in [0.05, 0.1) is 11.7 Å². The quantitative estimate of drug-likeness (QED) is 0.685. The Hall–Kier alpha value is -2.24. The first kappa shape index (κ1) is 17.6. The molecule has 0 amide bonds. The zero-order valence-electron chi connectivity index (χ0n) is 14.4. The lowest BCUT2D eigenvalue weighted by atomic mass is 9.90. The lowest BCUT2D eigenvalue weighted by Crippen LogP contribution is -2.37. The number of fused-ring (bicyclic) bond motifs is 1. The molecule has 0 bridgehead atoms. The number of aliphatic hydroxyl groups is 2. The van der Waals surface area contributed by atoms with E-state index in [0.717, 1.165) is 24.0 Å². The molecule has 0 aromatic heterocycles. The second kappa shape index (κ2) is 6.58. The zero-order valence-corrected chi connectivity index (χ0v) is 14.4. The van der Waals surface area contributed by atoms with Crippen molar-refractivity contribution in [3.05, 3.63) is 53.1 Å². The fraction of sp³-hybridized carbons (Fsp3) is 0.400. The minimum atomic E-state index is -1.28. The summed E-state index contributed by atoms with van der Waals surface area (Å²) in [5, 5.41) is 39.9. The molecule has 1 aliphatic heterocycles. The average Bonchev–Trinajstić information content (AvgIpc) is 2.56. The Labute approximate surface area is 147 Å². The summed E-state index contributed by atoms with van der Waals surface area (Å²) in [6.45, 7) is 3.06. The highest BCUT2D eigenvalue weighted by Crippen LogP contribution is 2.41. The summed E-state index contributed by atoms with van der Waals surface area (Å²) in [7, 11) is 0. The van der Waals surface area contributed by atoms with Crippen molar-refractivity contribution < 1.29 is 25.2 Å². The van der Waals surface area contributed by atoms with Gasteiger partial charge in [0.1, 0.15) is 23.4 Å². The van der Waals surface area contributed by atoms with Crippen LogP contribution in [-0.2, 0) is 12.8 Å². The fourth-order valence-corrected chi connectivity index (χ4v) is 3.06. The highest BCUT2D eigenvalue weighted by atomic mass is 16.5. The van der Waals surface area contributed by atoms with E-state index in [4.69, 9.17) is 4.74 Å². The van der Waals surface area contributed by atoms with E-state index in [0.29, 0.717) is 11.3 Å². The second-order valence-electron chi connectivity index (χ2n) is 7.16. The molecule has 1 aliphatic rings. The van der Waals surface area contributed by atoms with Crippen molar-refractivity contribution in [2.24, 2.45) is 0 Å². The van der Waals surface area contributed by atoms with Gasteiger partial charge in [-0.2, -0.15) is 0 Å². The molecule has 4 N–H and O–H groups in total. The molecule has 2 aromatic carbocycles. The Morgan fingerprint density at radius 2 is 1.80 bits per heavy atom. The normalized spacial score (nSPS) is 18.3. The van der Waals surface area contributed by atoms with Crippen LogP contribution in [0.5, 0.6) is 17.2 Å². The lowest BCUT2D eigenvalue weighted by molar-refractivity contribution is -0.0474. The van der Waals surface area contributed by atoms with E-state index in [2.05, 4.69) is 0 Å². The molecule has 0 saturated carbocycles. The molecule has 0 saturated heterocycles. The predicted octanol–water partition coefficient (Wildman–Crippen LogP) is 2.84. The Bertz CT molecular complexity index is 746. The number of aryl methyl sites for hydroxylation is 1. The third kappa shape index (κ3) is 3.72.